The number of aromatic nitrogens is 6. The molecule has 6 rings (SSSR count). The molecule has 4 aromatic carbocycles. The third kappa shape index (κ3) is 10.1. The summed E-state index contributed by atoms with van der Waals surface area (Å²) in [5.74, 6) is 1.22. The maximum absolute atomic E-state index is 12.6. The lowest BCUT2D eigenvalue weighted by molar-refractivity contribution is 0.480. The van der Waals surface area contributed by atoms with Gasteiger partial charge in [0.1, 0.15) is 9.79 Å². The first-order valence-corrected chi connectivity index (χ1v) is 19.4. The Morgan fingerprint density at radius 2 is 0.786 bits per heavy atom. The summed E-state index contributed by atoms with van der Waals surface area (Å²) in [5, 5.41) is 12.1. The largest absolute Gasteiger partial charge is 0.347 e. The average molecular weight is 797 g/mol. The van der Waals surface area contributed by atoms with E-state index >= 15 is 0 Å². The van der Waals surface area contributed by atoms with Crippen molar-refractivity contribution < 1.29 is 25.9 Å². The molecule has 2 aromatic heterocycles. The molecular weight excluding hydrogens is 761 g/mol. The zero-order chi connectivity index (χ0) is 40.0. The van der Waals surface area contributed by atoms with E-state index < -0.39 is 30.0 Å². The van der Waals surface area contributed by atoms with Crippen LogP contribution in [0.2, 0.25) is 0 Å². The first-order chi connectivity index (χ1) is 26.6. The SMILES string of the molecule is CN(C)c1nc(Nc2ccccc2)nc(Nc2ccc(/C=C/c3ccc(Nc4nc(Nc5ccccc5)nc(N(C)C)n4)cc3S(=O)(=O)O)c(S(=O)(=O)O)c2)n1. The minimum Gasteiger partial charge on any atom is -0.347 e. The molecule has 6 aromatic rings. The van der Waals surface area contributed by atoms with Gasteiger partial charge in [0.15, 0.2) is 0 Å². The molecule has 56 heavy (non-hydrogen) atoms. The van der Waals surface area contributed by atoms with Gasteiger partial charge < -0.3 is 31.1 Å². The van der Waals surface area contributed by atoms with Gasteiger partial charge in [-0.3, -0.25) is 9.11 Å². The number of rotatable bonds is 14. The Bertz CT molecular complexity index is 2430. The Labute approximate surface area is 323 Å². The monoisotopic (exact) mass is 796 g/mol. The van der Waals surface area contributed by atoms with E-state index in [1.54, 1.807) is 38.0 Å². The minimum absolute atomic E-state index is 0.0115. The van der Waals surface area contributed by atoms with Gasteiger partial charge in [-0.15, -0.1) is 0 Å². The van der Waals surface area contributed by atoms with Crippen molar-refractivity contribution in [1.29, 1.82) is 0 Å². The zero-order valence-electron chi connectivity index (χ0n) is 30.3. The molecule has 0 saturated carbocycles. The average Bonchev–Trinajstić information content (AvgIpc) is 3.14. The summed E-state index contributed by atoms with van der Waals surface area (Å²) in [6.07, 6.45) is 2.58. The van der Waals surface area contributed by atoms with E-state index in [0.717, 1.165) is 11.4 Å². The number of para-hydroxylation sites is 2. The fourth-order valence-corrected chi connectivity index (χ4v) is 6.46. The van der Waals surface area contributed by atoms with Crippen molar-refractivity contribution in [3.8, 4) is 0 Å². The summed E-state index contributed by atoms with van der Waals surface area (Å²) in [4.78, 5) is 28.7. The van der Waals surface area contributed by atoms with Crippen molar-refractivity contribution >= 4 is 90.8 Å². The number of anilines is 10. The Morgan fingerprint density at radius 3 is 1.09 bits per heavy atom. The van der Waals surface area contributed by atoms with E-state index in [-0.39, 0.29) is 46.3 Å². The quantitative estimate of drug-likeness (QED) is 0.0561. The minimum atomic E-state index is -4.81. The van der Waals surface area contributed by atoms with Crippen molar-refractivity contribution in [3.63, 3.8) is 0 Å². The zero-order valence-corrected chi connectivity index (χ0v) is 31.9. The van der Waals surface area contributed by atoms with Gasteiger partial charge in [0, 0.05) is 50.9 Å². The number of hydrogen-bond acceptors (Lipinski definition) is 16. The lowest BCUT2D eigenvalue weighted by Gasteiger charge is -2.15. The van der Waals surface area contributed by atoms with Crippen LogP contribution >= 0.6 is 0 Å². The van der Waals surface area contributed by atoms with Crippen LogP contribution in [0.3, 0.4) is 0 Å². The Balaban J connectivity index is 1.28. The molecule has 0 radical (unpaired) electrons. The van der Waals surface area contributed by atoms with Crippen molar-refractivity contribution in [2.24, 2.45) is 0 Å². The lowest BCUT2D eigenvalue weighted by atomic mass is 10.1. The van der Waals surface area contributed by atoms with Crippen LogP contribution in [0.15, 0.2) is 107 Å². The van der Waals surface area contributed by atoms with Crippen molar-refractivity contribution in [2.45, 2.75) is 9.79 Å². The Kier molecular flexibility index (Phi) is 11.4. The molecule has 2 heterocycles. The van der Waals surface area contributed by atoms with Gasteiger partial charge in [-0.25, -0.2) is 0 Å². The van der Waals surface area contributed by atoms with Crippen LogP contribution in [-0.2, 0) is 20.2 Å². The molecule has 0 aliphatic rings. The van der Waals surface area contributed by atoms with Crippen molar-refractivity contribution in [3.05, 3.63) is 108 Å². The topological polar surface area (TPSA) is 241 Å². The second kappa shape index (κ2) is 16.3. The number of nitrogens with one attached hydrogen (secondary N) is 4. The smallest absolute Gasteiger partial charge is 0.295 e. The van der Waals surface area contributed by atoms with Crippen LogP contribution in [0, 0.1) is 0 Å². The van der Waals surface area contributed by atoms with Gasteiger partial charge in [-0.1, -0.05) is 60.7 Å². The predicted molar refractivity (Wildman–Crippen MR) is 216 cm³/mol. The highest BCUT2D eigenvalue weighted by molar-refractivity contribution is 7.86. The molecule has 6 N–H and O–H groups in total. The maximum Gasteiger partial charge on any atom is 0.295 e. The molecule has 0 atom stereocenters. The molecule has 0 spiro atoms. The molecule has 0 bridgehead atoms. The molecule has 288 valence electrons. The summed E-state index contributed by atoms with van der Waals surface area (Å²) >= 11 is 0. The summed E-state index contributed by atoms with van der Waals surface area (Å²) in [6.45, 7) is 0. The summed E-state index contributed by atoms with van der Waals surface area (Å²) in [5.41, 5.74) is 1.91. The van der Waals surface area contributed by atoms with Gasteiger partial charge in [0.25, 0.3) is 20.2 Å². The molecular formula is C36H36N12O6S2. The van der Waals surface area contributed by atoms with Crippen molar-refractivity contribution in [2.75, 3.05) is 59.3 Å². The third-order valence-corrected chi connectivity index (χ3v) is 9.46. The molecule has 0 amide bonds. The lowest BCUT2D eigenvalue weighted by Crippen LogP contribution is -2.15. The van der Waals surface area contributed by atoms with Crippen LogP contribution in [0.4, 0.5) is 58.4 Å². The number of hydrogen-bond donors (Lipinski definition) is 6. The van der Waals surface area contributed by atoms with Gasteiger partial charge >= 0.3 is 0 Å². The van der Waals surface area contributed by atoms with Crippen LogP contribution in [0.25, 0.3) is 12.2 Å². The first-order valence-electron chi connectivity index (χ1n) is 16.6. The van der Waals surface area contributed by atoms with E-state index in [9.17, 15) is 25.9 Å². The van der Waals surface area contributed by atoms with Gasteiger partial charge in [-0.2, -0.15) is 46.7 Å². The summed E-state index contributed by atoms with van der Waals surface area (Å²) < 4.78 is 70.7. The summed E-state index contributed by atoms with van der Waals surface area (Å²) in [7, 11) is -2.62. The van der Waals surface area contributed by atoms with Crippen molar-refractivity contribution in [1.82, 2.24) is 29.9 Å². The normalized spacial score (nSPS) is 11.6. The second-order valence-corrected chi connectivity index (χ2v) is 15.2. The van der Waals surface area contributed by atoms with E-state index in [0.29, 0.717) is 11.9 Å². The maximum atomic E-state index is 12.6. The molecule has 0 aliphatic heterocycles. The highest BCUT2D eigenvalue weighted by Gasteiger charge is 2.19. The Morgan fingerprint density at radius 1 is 0.464 bits per heavy atom. The molecule has 0 fully saturated rings. The van der Waals surface area contributed by atoms with E-state index in [1.165, 1.54) is 48.6 Å². The van der Waals surface area contributed by atoms with Crippen LogP contribution < -0.4 is 31.1 Å². The fourth-order valence-electron chi connectivity index (χ4n) is 5.04. The molecule has 0 saturated heterocycles. The summed E-state index contributed by atoms with van der Waals surface area (Å²) in [6, 6.07) is 26.6. The molecule has 18 nitrogen and oxygen atoms in total. The third-order valence-electron chi connectivity index (χ3n) is 7.64. The molecule has 0 unspecified atom stereocenters. The highest BCUT2D eigenvalue weighted by Crippen LogP contribution is 2.29. The molecule has 20 heteroatoms. The standard InChI is InChI=1S/C36H36N12O6S2/c1-47(2)35-43-31(37-25-11-7-5-8-12-25)41-33(45-35)39-27-19-17-23(29(21-27)55(49,50)51)15-16-24-18-20-28(22-30(24)56(52,53)54)40-34-42-32(44-36(46-34)48(3)4)38-26-13-9-6-10-14-26/h5-22H,1-4H3,(H,49,50,51)(H,52,53,54)(H2,37,39,41,43,45)(H2,38,40,42,44,46)/b16-15+. The molecule has 0 aliphatic carbocycles. The van der Waals surface area contributed by atoms with Crippen LogP contribution in [0.5, 0.6) is 0 Å². The van der Waals surface area contributed by atoms with Gasteiger partial charge in [0.2, 0.25) is 35.7 Å². The van der Waals surface area contributed by atoms with Gasteiger partial charge in [-0.05, 0) is 59.7 Å². The number of benzene rings is 4. The van der Waals surface area contributed by atoms with E-state index in [4.69, 9.17) is 0 Å². The van der Waals surface area contributed by atoms with Crippen LogP contribution in [-0.4, -0.2) is 84.0 Å². The Hall–Kier alpha value is -6.74. The predicted octanol–water partition coefficient (Wildman–Crippen LogP) is 5.83. The van der Waals surface area contributed by atoms with E-state index in [2.05, 4.69) is 51.2 Å². The fraction of sp³-hybridized carbons (Fsp3) is 0.111. The van der Waals surface area contributed by atoms with Crippen LogP contribution in [0.1, 0.15) is 11.1 Å². The van der Waals surface area contributed by atoms with Gasteiger partial charge in [0.05, 0.1) is 0 Å². The first kappa shape index (κ1) is 39.0. The second-order valence-electron chi connectivity index (χ2n) is 12.4. The highest BCUT2D eigenvalue weighted by atomic mass is 32.2. The number of nitrogens with zero attached hydrogens (tertiary/aromatic N) is 8. The van der Waals surface area contributed by atoms with E-state index in [1.807, 2.05) is 60.7 Å².